The van der Waals surface area contributed by atoms with Crippen molar-refractivity contribution < 1.29 is 14.7 Å². The van der Waals surface area contributed by atoms with Crippen LogP contribution in [0, 0.1) is 11.3 Å². The molecule has 1 atom stereocenters. The van der Waals surface area contributed by atoms with E-state index in [2.05, 4.69) is 24.5 Å². The van der Waals surface area contributed by atoms with Crippen LogP contribution in [0.25, 0.3) is 11.1 Å². The summed E-state index contributed by atoms with van der Waals surface area (Å²) >= 11 is 0. The number of amides is 3. The number of carbonyl (C=O) groups is 2. The molecule has 0 radical (unpaired) electrons. The molecule has 3 N–H and O–H groups in total. The van der Waals surface area contributed by atoms with Gasteiger partial charge in [0.15, 0.2) is 0 Å². The van der Waals surface area contributed by atoms with Crippen LogP contribution in [0.4, 0.5) is 16.2 Å². The molecule has 1 aliphatic heterocycles. The fourth-order valence-electron chi connectivity index (χ4n) is 4.21. The van der Waals surface area contributed by atoms with Crippen molar-refractivity contribution in [1.82, 2.24) is 4.90 Å². The first-order chi connectivity index (χ1) is 16.9. The van der Waals surface area contributed by atoms with Gasteiger partial charge >= 0.3 is 6.03 Å². The molecule has 7 nitrogen and oxygen atoms in total. The second-order valence-electron chi connectivity index (χ2n) is 8.97. The summed E-state index contributed by atoms with van der Waals surface area (Å²) in [4.78, 5) is 27.4. The maximum Gasteiger partial charge on any atom is 0.322 e. The number of hydrogen-bond donors (Lipinski definition) is 3. The Morgan fingerprint density at radius 3 is 2.26 bits per heavy atom. The molecule has 3 amide bonds. The van der Waals surface area contributed by atoms with Crippen LogP contribution in [-0.4, -0.2) is 34.5 Å². The van der Waals surface area contributed by atoms with Crippen molar-refractivity contribution in [2.75, 3.05) is 17.2 Å². The van der Waals surface area contributed by atoms with Gasteiger partial charge in [-0.3, -0.25) is 4.79 Å². The number of nitrogens with one attached hydrogen (secondary N) is 2. The van der Waals surface area contributed by atoms with E-state index in [9.17, 15) is 14.7 Å². The zero-order valence-electron chi connectivity index (χ0n) is 19.8. The SMILES string of the molecule is CC(C)c1ccc(NC(=O)N2CCC[C@@H]2C(=O)Nc2ccc(-c3ccc(O)c(C#N)c3)cc2)cc1. The predicted molar refractivity (Wildman–Crippen MR) is 136 cm³/mol. The highest BCUT2D eigenvalue weighted by Gasteiger charge is 2.34. The van der Waals surface area contributed by atoms with Gasteiger partial charge in [-0.2, -0.15) is 5.26 Å². The average molecular weight is 469 g/mol. The number of hydrogen-bond acceptors (Lipinski definition) is 4. The van der Waals surface area contributed by atoms with E-state index in [4.69, 9.17) is 5.26 Å². The van der Waals surface area contributed by atoms with E-state index < -0.39 is 6.04 Å². The third-order valence-electron chi connectivity index (χ3n) is 6.25. The summed E-state index contributed by atoms with van der Waals surface area (Å²) in [6, 6.07) is 21.0. The summed E-state index contributed by atoms with van der Waals surface area (Å²) in [5, 5.41) is 24.6. The summed E-state index contributed by atoms with van der Waals surface area (Å²) < 4.78 is 0. The largest absolute Gasteiger partial charge is 0.507 e. The molecule has 0 aliphatic carbocycles. The molecule has 1 aliphatic rings. The molecule has 178 valence electrons. The molecule has 3 aromatic carbocycles. The number of phenolic OH excluding ortho intramolecular Hbond substituents is 1. The Kier molecular flexibility index (Phi) is 7.02. The van der Waals surface area contributed by atoms with Crippen LogP contribution in [-0.2, 0) is 4.79 Å². The van der Waals surface area contributed by atoms with E-state index in [1.54, 1.807) is 29.2 Å². The highest BCUT2D eigenvalue weighted by Crippen LogP contribution is 2.27. The van der Waals surface area contributed by atoms with Crippen LogP contribution >= 0.6 is 0 Å². The lowest BCUT2D eigenvalue weighted by molar-refractivity contribution is -0.119. The first-order valence-electron chi connectivity index (χ1n) is 11.7. The van der Waals surface area contributed by atoms with Gasteiger partial charge in [0.2, 0.25) is 5.91 Å². The third-order valence-corrected chi connectivity index (χ3v) is 6.25. The predicted octanol–water partition coefficient (Wildman–Crippen LogP) is 5.69. The molecule has 35 heavy (non-hydrogen) atoms. The van der Waals surface area contributed by atoms with Crippen molar-refractivity contribution in [3.8, 4) is 22.9 Å². The van der Waals surface area contributed by atoms with Crippen LogP contribution in [0.5, 0.6) is 5.75 Å². The lowest BCUT2D eigenvalue weighted by Gasteiger charge is -2.24. The lowest BCUT2D eigenvalue weighted by atomic mass is 10.0. The zero-order valence-corrected chi connectivity index (χ0v) is 19.8. The summed E-state index contributed by atoms with van der Waals surface area (Å²) in [6.45, 7) is 4.76. The summed E-state index contributed by atoms with van der Waals surface area (Å²) in [7, 11) is 0. The Labute approximate surface area is 205 Å². The molecule has 0 saturated carbocycles. The van der Waals surface area contributed by atoms with E-state index in [-0.39, 0.29) is 23.3 Å². The monoisotopic (exact) mass is 468 g/mol. The third kappa shape index (κ3) is 5.44. The minimum Gasteiger partial charge on any atom is -0.507 e. The molecule has 0 unspecified atom stereocenters. The quantitative estimate of drug-likeness (QED) is 0.447. The van der Waals surface area contributed by atoms with Gasteiger partial charge in [0.25, 0.3) is 0 Å². The van der Waals surface area contributed by atoms with E-state index in [0.717, 1.165) is 17.5 Å². The molecular weight excluding hydrogens is 440 g/mol. The molecule has 3 aromatic rings. The van der Waals surface area contributed by atoms with Gasteiger partial charge in [0.1, 0.15) is 17.9 Å². The van der Waals surface area contributed by atoms with Crippen molar-refractivity contribution in [3.05, 3.63) is 77.9 Å². The highest BCUT2D eigenvalue weighted by atomic mass is 16.3. The summed E-state index contributed by atoms with van der Waals surface area (Å²) in [5.41, 5.74) is 4.37. The standard InChI is InChI=1S/C28H28N4O3/c1-18(2)19-5-10-24(11-6-19)31-28(35)32-15-3-4-25(32)27(34)30-23-12-7-20(8-13-23)21-9-14-26(33)22(16-21)17-29/h5-14,16,18,25,33H,3-4,15H2,1-2H3,(H,30,34)(H,31,35)/t25-/m1/s1. The Morgan fingerprint density at radius 2 is 1.60 bits per heavy atom. The van der Waals surface area contributed by atoms with Crippen molar-refractivity contribution in [3.63, 3.8) is 0 Å². The second kappa shape index (κ2) is 10.3. The Morgan fingerprint density at radius 1 is 0.971 bits per heavy atom. The molecule has 1 fully saturated rings. The molecule has 0 spiro atoms. The van der Waals surface area contributed by atoms with Crippen LogP contribution in [0.2, 0.25) is 0 Å². The van der Waals surface area contributed by atoms with E-state index in [0.29, 0.717) is 30.3 Å². The number of carbonyl (C=O) groups excluding carboxylic acids is 2. The van der Waals surface area contributed by atoms with Crippen LogP contribution in [0.1, 0.15) is 43.7 Å². The number of nitriles is 1. The van der Waals surface area contributed by atoms with Gasteiger partial charge in [-0.15, -0.1) is 0 Å². The Hall–Kier alpha value is -4.31. The van der Waals surface area contributed by atoms with Crippen molar-refractivity contribution in [1.29, 1.82) is 5.26 Å². The number of phenols is 1. The van der Waals surface area contributed by atoms with Crippen LogP contribution in [0.3, 0.4) is 0 Å². The number of aromatic hydroxyl groups is 1. The van der Waals surface area contributed by atoms with Gasteiger partial charge < -0.3 is 20.6 Å². The molecule has 1 heterocycles. The van der Waals surface area contributed by atoms with Gasteiger partial charge in [-0.1, -0.05) is 44.2 Å². The molecule has 7 heteroatoms. The zero-order chi connectivity index (χ0) is 24.9. The van der Waals surface area contributed by atoms with Gasteiger partial charge in [-0.05, 0) is 71.8 Å². The van der Waals surface area contributed by atoms with E-state index in [1.165, 1.54) is 11.6 Å². The number of likely N-dealkylation sites (tertiary alicyclic amines) is 1. The Balaban J connectivity index is 1.39. The van der Waals surface area contributed by atoms with Gasteiger partial charge in [-0.25, -0.2) is 4.79 Å². The van der Waals surface area contributed by atoms with Gasteiger partial charge in [0.05, 0.1) is 5.56 Å². The number of anilines is 2. The Bertz CT molecular complexity index is 1260. The number of urea groups is 1. The average Bonchev–Trinajstić information content (AvgIpc) is 3.36. The first-order valence-corrected chi connectivity index (χ1v) is 11.7. The lowest BCUT2D eigenvalue weighted by Crippen LogP contribution is -2.45. The van der Waals surface area contributed by atoms with Crippen LogP contribution < -0.4 is 10.6 Å². The highest BCUT2D eigenvalue weighted by molar-refractivity contribution is 5.99. The van der Waals surface area contributed by atoms with Gasteiger partial charge in [0, 0.05) is 17.9 Å². The molecule has 1 saturated heterocycles. The maximum absolute atomic E-state index is 13.0. The molecule has 0 aromatic heterocycles. The van der Waals surface area contributed by atoms with Crippen molar-refractivity contribution in [2.45, 2.75) is 38.6 Å². The summed E-state index contributed by atoms with van der Waals surface area (Å²) in [6.07, 6.45) is 1.37. The fourth-order valence-corrected chi connectivity index (χ4v) is 4.21. The number of rotatable bonds is 5. The molecule has 0 bridgehead atoms. The fraction of sp³-hybridized carbons (Fsp3) is 0.250. The number of benzene rings is 3. The van der Waals surface area contributed by atoms with E-state index >= 15 is 0 Å². The minimum absolute atomic E-state index is 0.0575. The second-order valence-corrected chi connectivity index (χ2v) is 8.97. The maximum atomic E-state index is 13.0. The minimum atomic E-state index is -0.542. The van der Waals surface area contributed by atoms with Crippen LogP contribution in [0.15, 0.2) is 66.7 Å². The van der Waals surface area contributed by atoms with Crippen molar-refractivity contribution >= 4 is 23.3 Å². The number of nitrogens with zero attached hydrogens (tertiary/aromatic N) is 2. The summed E-state index contributed by atoms with van der Waals surface area (Å²) in [5.74, 6) is 0.131. The smallest absolute Gasteiger partial charge is 0.322 e. The van der Waals surface area contributed by atoms with Crippen molar-refractivity contribution in [2.24, 2.45) is 0 Å². The topological polar surface area (TPSA) is 105 Å². The van der Waals surface area contributed by atoms with E-state index in [1.807, 2.05) is 42.5 Å². The first kappa shape index (κ1) is 23.8. The molecular formula is C28H28N4O3. The molecule has 4 rings (SSSR count). The normalized spacial score (nSPS) is 15.0.